The molecule has 1 unspecified atom stereocenters. The first-order valence-electron chi connectivity index (χ1n) is 5.55. The number of aromatic nitrogens is 2. The van der Waals surface area contributed by atoms with Gasteiger partial charge in [-0.05, 0) is 38.5 Å². The number of carbonyl (C=O) groups excluding carboxylic acids is 1. The minimum atomic E-state index is -0.900. The molecule has 0 aliphatic heterocycles. The molecule has 0 aliphatic carbocycles. The quantitative estimate of drug-likeness (QED) is 0.582. The molecule has 1 amide bonds. The van der Waals surface area contributed by atoms with E-state index in [1.54, 1.807) is 18.7 Å². The summed E-state index contributed by atoms with van der Waals surface area (Å²) in [5, 5.41) is 5.39. The highest BCUT2D eigenvalue weighted by molar-refractivity contribution is 7.99. The Hall–Kier alpha value is -1.01. The number of rotatable bonds is 6. The molecule has 0 aromatic carbocycles. The maximum atomic E-state index is 11.0. The Morgan fingerprint density at radius 2 is 2.29 bits per heavy atom. The van der Waals surface area contributed by atoms with Crippen LogP contribution in [0.2, 0.25) is 0 Å². The lowest BCUT2D eigenvalue weighted by Crippen LogP contribution is -2.49. The lowest BCUT2D eigenvalue weighted by Gasteiger charge is -2.19. The molecule has 0 spiro atoms. The van der Waals surface area contributed by atoms with Gasteiger partial charge in [0.25, 0.3) is 0 Å². The summed E-state index contributed by atoms with van der Waals surface area (Å²) in [5.41, 5.74) is 11.1. The highest BCUT2D eigenvalue weighted by atomic mass is 32.2. The minimum Gasteiger partial charge on any atom is -0.368 e. The summed E-state index contributed by atoms with van der Waals surface area (Å²) in [6.07, 6.45) is 1.46. The van der Waals surface area contributed by atoms with Crippen LogP contribution >= 0.6 is 11.8 Å². The van der Waals surface area contributed by atoms with Crippen LogP contribution < -0.4 is 11.5 Å². The molecule has 0 saturated heterocycles. The van der Waals surface area contributed by atoms with E-state index in [-0.39, 0.29) is 0 Å². The van der Waals surface area contributed by atoms with Gasteiger partial charge in [0.2, 0.25) is 5.91 Å². The molecule has 1 rings (SSSR count). The molecule has 1 heterocycles. The number of nitrogens with two attached hydrogens (primary N) is 2. The fourth-order valence-corrected chi connectivity index (χ4v) is 2.44. The van der Waals surface area contributed by atoms with Gasteiger partial charge in [-0.25, -0.2) is 0 Å². The predicted octanol–water partition coefficient (Wildman–Crippen LogP) is 0.804. The molecule has 0 saturated carbocycles. The minimum absolute atomic E-state index is 0.445. The number of carbonyl (C=O) groups is 1. The van der Waals surface area contributed by atoms with Crippen molar-refractivity contribution >= 4 is 17.7 Å². The van der Waals surface area contributed by atoms with E-state index in [4.69, 9.17) is 11.5 Å². The first-order valence-corrected chi connectivity index (χ1v) is 6.54. The Bertz CT molecular complexity index is 400. The SMILES string of the molecule is Cc1cc(SCCCC(C)(N)C(N)=O)n(C)n1. The average Bonchev–Trinajstić information content (AvgIpc) is 2.52. The van der Waals surface area contributed by atoms with Crippen LogP contribution in [0.4, 0.5) is 0 Å². The van der Waals surface area contributed by atoms with E-state index in [0.29, 0.717) is 6.42 Å². The monoisotopic (exact) mass is 256 g/mol. The Labute approximate surface area is 106 Å². The number of hydrogen-bond acceptors (Lipinski definition) is 4. The smallest absolute Gasteiger partial charge is 0.237 e. The topological polar surface area (TPSA) is 86.9 Å². The summed E-state index contributed by atoms with van der Waals surface area (Å²) in [4.78, 5) is 11.0. The first-order chi connectivity index (χ1) is 7.83. The lowest BCUT2D eigenvalue weighted by atomic mass is 9.97. The Morgan fingerprint density at radius 3 is 2.76 bits per heavy atom. The third kappa shape index (κ3) is 4.05. The Balaban J connectivity index is 2.34. The number of thioether (sulfide) groups is 1. The van der Waals surface area contributed by atoms with E-state index in [1.807, 2.05) is 24.7 Å². The summed E-state index contributed by atoms with van der Waals surface area (Å²) >= 11 is 1.71. The number of amides is 1. The summed E-state index contributed by atoms with van der Waals surface area (Å²) in [6, 6.07) is 2.04. The molecule has 1 atom stereocenters. The van der Waals surface area contributed by atoms with Crippen LogP contribution in [0.1, 0.15) is 25.5 Å². The third-order valence-corrected chi connectivity index (χ3v) is 3.78. The molecule has 1 aromatic rings. The molecule has 5 nitrogen and oxygen atoms in total. The van der Waals surface area contributed by atoms with Gasteiger partial charge in [0, 0.05) is 7.05 Å². The van der Waals surface area contributed by atoms with Crippen molar-refractivity contribution in [2.24, 2.45) is 18.5 Å². The van der Waals surface area contributed by atoms with Gasteiger partial charge in [-0.15, -0.1) is 11.8 Å². The van der Waals surface area contributed by atoms with Gasteiger partial charge in [0.05, 0.1) is 16.3 Å². The molecule has 96 valence electrons. The summed E-state index contributed by atoms with van der Waals surface area (Å²) in [7, 11) is 1.92. The Kier molecular flexibility index (Phi) is 4.59. The van der Waals surface area contributed by atoms with Crippen LogP contribution in [-0.2, 0) is 11.8 Å². The van der Waals surface area contributed by atoms with Gasteiger partial charge in [-0.3, -0.25) is 9.48 Å². The van der Waals surface area contributed by atoms with Gasteiger partial charge in [-0.2, -0.15) is 5.10 Å². The van der Waals surface area contributed by atoms with Crippen molar-refractivity contribution in [3.05, 3.63) is 11.8 Å². The van der Waals surface area contributed by atoms with Gasteiger partial charge in [-0.1, -0.05) is 0 Å². The van der Waals surface area contributed by atoms with Crippen LogP contribution in [-0.4, -0.2) is 27.0 Å². The maximum Gasteiger partial charge on any atom is 0.237 e. The zero-order valence-corrected chi connectivity index (χ0v) is 11.4. The number of hydrogen-bond donors (Lipinski definition) is 2. The van der Waals surface area contributed by atoms with E-state index in [0.717, 1.165) is 22.9 Å². The molecule has 1 aromatic heterocycles. The van der Waals surface area contributed by atoms with Crippen molar-refractivity contribution in [1.82, 2.24) is 9.78 Å². The van der Waals surface area contributed by atoms with E-state index in [1.165, 1.54) is 0 Å². The maximum absolute atomic E-state index is 11.0. The van der Waals surface area contributed by atoms with Gasteiger partial charge in [0.15, 0.2) is 0 Å². The van der Waals surface area contributed by atoms with Gasteiger partial charge in [0.1, 0.15) is 0 Å². The van der Waals surface area contributed by atoms with Gasteiger partial charge < -0.3 is 11.5 Å². The van der Waals surface area contributed by atoms with E-state index in [9.17, 15) is 4.79 Å². The average molecular weight is 256 g/mol. The number of aryl methyl sites for hydroxylation is 2. The highest BCUT2D eigenvalue weighted by Crippen LogP contribution is 2.21. The summed E-state index contributed by atoms with van der Waals surface area (Å²) < 4.78 is 1.86. The molecule has 0 fully saturated rings. The van der Waals surface area contributed by atoms with Crippen LogP contribution in [0.3, 0.4) is 0 Å². The van der Waals surface area contributed by atoms with Crippen LogP contribution in [0, 0.1) is 6.92 Å². The highest BCUT2D eigenvalue weighted by Gasteiger charge is 2.24. The van der Waals surface area contributed by atoms with Crippen LogP contribution in [0.5, 0.6) is 0 Å². The molecule has 6 heteroatoms. The van der Waals surface area contributed by atoms with E-state index < -0.39 is 11.4 Å². The first kappa shape index (κ1) is 14.1. The fourth-order valence-electron chi connectivity index (χ4n) is 1.46. The normalized spacial score (nSPS) is 14.6. The van der Waals surface area contributed by atoms with Crippen molar-refractivity contribution in [1.29, 1.82) is 0 Å². The predicted molar refractivity (Wildman–Crippen MR) is 69.7 cm³/mol. The Morgan fingerprint density at radius 1 is 1.65 bits per heavy atom. The largest absolute Gasteiger partial charge is 0.368 e. The molecule has 4 N–H and O–H groups in total. The van der Waals surface area contributed by atoms with Crippen LogP contribution in [0.15, 0.2) is 11.1 Å². The molecule has 0 aliphatic rings. The van der Waals surface area contributed by atoms with E-state index >= 15 is 0 Å². The zero-order chi connectivity index (χ0) is 13.1. The molecular formula is C11H20N4OS. The van der Waals surface area contributed by atoms with Crippen LogP contribution in [0.25, 0.3) is 0 Å². The summed E-state index contributed by atoms with van der Waals surface area (Å²) in [6.45, 7) is 3.64. The molecule has 0 radical (unpaired) electrons. The van der Waals surface area contributed by atoms with Crippen molar-refractivity contribution in [2.75, 3.05) is 5.75 Å². The van der Waals surface area contributed by atoms with Gasteiger partial charge >= 0.3 is 0 Å². The third-order valence-electron chi connectivity index (χ3n) is 2.61. The second kappa shape index (κ2) is 5.55. The second-order valence-corrected chi connectivity index (χ2v) is 5.60. The van der Waals surface area contributed by atoms with Crippen molar-refractivity contribution in [2.45, 2.75) is 37.3 Å². The number of nitrogens with zero attached hydrogens (tertiary/aromatic N) is 2. The van der Waals surface area contributed by atoms with Crippen molar-refractivity contribution in [3.8, 4) is 0 Å². The fraction of sp³-hybridized carbons (Fsp3) is 0.636. The standard InChI is InChI=1S/C11H20N4OS/c1-8-7-9(15(3)14-8)17-6-4-5-11(2,13)10(12)16/h7H,4-6,13H2,1-3H3,(H2,12,16). The van der Waals surface area contributed by atoms with Crippen molar-refractivity contribution in [3.63, 3.8) is 0 Å². The number of primary amides is 1. The van der Waals surface area contributed by atoms with E-state index in [2.05, 4.69) is 5.10 Å². The van der Waals surface area contributed by atoms with Crippen molar-refractivity contribution < 1.29 is 4.79 Å². The molecule has 0 bridgehead atoms. The zero-order valence-electron chi connectivity index (χ0n) is 10.6. The molecular weight excluding hydrogens is 236 g/mol. The molecule has 17 heavy (non-hydrogen) atoms. The summed E-state index contributed by atoms with van der Waals surface area (Å²) in [5.74, 6) is 0.456. The second-order valence-electron chi connectivity index (χ2n) is 4.48. The lowest BCUT2D eigenvalue weighted by molar-refractivity contribution is -0.122.